The van der Waals surface area contributed by atoms with Crippen molar-refractivity contribution in [3.05, 3.63) is 52.5 Å². The fourth-order valence-electron chi connectivity index (χ4n) is 2.15. The number of anilines is 1. The first kappa shape index (κ1) is 16.7. The van der Waals surface area contributed by atoms with Crippen LogP contribution in [0.15, 0.2) is 42.5 Å². The van der Waals surface area contributed by atoms with Crippen molar-refractivity contribution >= 4 is 44.7 Å². The van der Waals surface area contributed by atoms with E-state index in [0.717, 1.165) is 15.2 Å². The van der Waals surface area contributed by atoms with Crippen LogP contribution in [-0.2, 0) is 16.1 Å². The lowest BCUT2D eigenvalue weighted by Gasteiger charge is -2.08. The van der Waals surface area contributed by atoms with Gasteiger partial charge >= 0.3 is 0 Å². The van der Waals surface area contributed by atoms with Crippen molar-refractivity contribution in [3.8, 4) is 5.75 Å². The molecule has 0 bridgehead atoms. The molecule has 0 aliphatic rings. The highest BCUT2D eigenvalue weighted by molar-refractivity contribution is 7.18. The standard InChI is InChI=1S/C17H15ClN2O3S/c1-22-14-7-6-11(8-12(14)18)19-16(21)9-23-10-17-20-13-4-2-3-5-15(13)24-17/h2-8H,9-10H2,1H3,(H,19,21). The Kier molecular flexibility index (Phi) is 5.30. The number of fused-ring (bicyclic) bond motifs is 1. The molecule has 1 heterocycles. The van der Waals surface area contributed by atoms with Crippen molar-refractivity contribution in [2.24, 2.45) is 0 Å². The zero-order chi connectivity index (χ0) is 16.9. The maximum atomic E-state index is 11.9. The third kappa shape index (κ3) is 4.03. The van der Waals surface area contributed by atoms with Crippen LogP contribution in [0.4, 0.5) is 5.69 Å². The molecule has 2 aromatic carbocycles. The number of nitrogens with zero attached hydrogens (tertiary/aromatic N) is 1. The minimum absolute atomic E-state index is 0.0560. The van der Waals surface area contributed by atoms with Gasteiger partial charge in [0, 0.05) is 5.69 Å². The molecule has 0 fully saturated rings. The molecular formula is C17H15ClN2O3S. The Morgan fingerprint density at radius 3 is 2.88 bits per heavy atom. The summed E-state index contributed by atoms with van der Waals surface area (Å²) in [5.74, 6) is 0.305. The van der Waals surface area contributed by atoms with Crippen molar-refractivity contribution in [1.82, 2.24) is 4.98 Å². The fraction of sp³-hybridized carbons (Fsp3) is 0.176. The number of hydrogen-bond donors (Lipinski definition) is 1. The van der Waals surface area contributed by atoms with Gasteiger partial charge in [0.25, 0.3) is 0 Å². The molecule has 1 aromatic heterocycles. The van der Waals surface area contributed by atoms with Crippen LogP contribution in [0.3, 0.4) is 0 Å². The Labute approximate surface area is 148 Å². The highest BCUT2D eigenvalue weighted by atomic mass is 35.5. The number of benzene rings is 2. The van der Waals surface area contributed by atoms with Gasteiger partial charge in [-0.05, 0) is 30.3 Å². The average Bonchev–Trinajstić information content (AvgIpc) is 2.97. The lowest BCUT2D eigenvalue weighted by Crippen LogP contribution is -2.18. The van der Waals surface area contributed by atoms with E-state index in [-0.39, 0.29) is 12.5 Å². The molecule has 0 spiro atoms. The zero-order valence-corrected chi connectivity index (χ0v) is 14.5. The van der Waals surface area contributed by atoms with Gasteiger partial charge in [-0.1, -0.05) is 23.7 Å². The van der Waals surface area contributed by atoms with E-state index in [1.54, 1.807) is 29.5 Å². The Balaban J connectivity index is 1.51. The van der Waals surface area contributed by atoms with Gasteiger partial charge in [-0.15, -0.1) is 11.3 Å². The average molecular weight is 363 g/mol. The Morgan fingerprint density at radius 2 is 2.12 bits per heavy atom. The molecule has 0 saturated heterocycles. The molecule has 0 aliphatic carbocycles. The molecule has 1 N–H and O–H groups in total. The van der Waals surface area contributed by atoms with E-state index in [2.05, 4.69) is 10.3 Å². The Bertz CT molecular complexity index is 833. The molecule has 1 amide bonds. The fourth-order valence-corrected chi connectivity index (χ4v) is 3.32. The minimum atomic E-state index is -0.252. The van der Waals surface area contributed by atoms with Gasteiger partial charge in [0.2, 0.25) is 5.91 Å². The molecule has 0 atom stereocenters. The number of amides is 1. The largest absolute Gasteiger partial charge is 0.495 e. The molecule has 0 unspecified atom stereocenters. The van der Waals surface area contributed by atoms with Crippen LogP contribution in [0.25, 0.3) is 10.2 Å². The molecule has 0 aliphatic heterocycles. The molecule has 0 saturated carbocycles. The zero-order valence-electron chi connectivity index (χ0n) is 12.9. The summed E-state index contributed by atoms with van der Waals surface area (Å²) in [5, 5.41) is 4.01. The van der Waals surface area contributed by atoms with Crippen LogP contribution >= 0.6 is 22.9 Å². The van der Waals surface area contributed by atoms with E-state index >= 15 is 0 Å². The van der Waals surface area contributed by atoms with E-state index < -0.39 is 0 Å². The SMILES string of the molecule is COc1ccc(NC(=O)COCc2nc3ccccc3s2)cc1Cl. The summed E-state index contributed by atoms with van der Waals surface area (Å²) >= 11 is 7.58. The summed E-state index contributed by atoms with van der Waals surface area (Å²) in [6.07, 6.45) is 0. The van der Waals surface area contributed by atoms with Crippen LogP contribution in [0.2, 0.25) is 5.02 Å². The highest BCUT2D eigenvalue weighted by Crippen LogP contribution is 2.27. The summed E-state index contributed by atoms with van der Waals surface area (Å²) < 4.78 is 11.6. The third-order valence-electron chi connectivity index (χ3n) is 3.23. The second kappa shape index (κ2) is 7.61. The topological polar surface area (TPSA) is 60.5 Å². The maximum Gasteiger partial charge on any atom is 0.250 e. The molecule has 3 rings (SSSR count). The van der Waals surface area contributed by atoms with Crippen LogP contribution in [0, 0.1) is 0 Å². The summed E-state index contributed by atoms with van der Waals surface area (Å²) in [7, 11) is 1.54. The number of aromatic nitrogens is 1. The van der Waals surface area contributed by atoms with Crippen molar-refractivity contribution in [2.75, 3.05) is 19.0 Å². The van der Waals surface area contributed by atoms with Crippen molar-refractivity contribution in [1.29, 1.82) is 0 Å². The lowest BCUT2D eigenvalue weighted by atomic mass is 10.3. The number of hydrogen-bond acceptors (Lipinski definition) is 5. The summed E-state index contributed by atoms with van der Waals surface area (Å²) in [4.78, 5) is 16.4. The van der Waals surface area contributed by atoms with Gasteiger partial charge in [0.1, 0.15) is 17.4 Å². The number of carbonyl (C=O) groups excluding carboxylic acids is 1. The number of halogens is 1. The van der Waals surface area contributed by atoms with Crippen LogP contribution in [0.5, 0.6) is 5.75 Å². The quantitative estimate of drug-likeness (QED) is 0.716. The lowest BCUT2D eigenvalue weighted by molar-refractivity contribution is -0.121. The van der Waals surface area contributed by atoms with Gasteiger partial charge in [-0.3, -0.25) is 4.79 Å². The van der Waals surface area contributed by atoms with Gasteiger partial charge in [0.05, 0.1) is 29.0 Å². The van der Waals surface area contributed by atoms with E-state index in [1.807, 2.05) is 24.3 Å². The first-order valence-electron chi connectivity index (χ1n) is 7.21. The minimum Gasteiger partial charge on any atom is -0.495 e. The number of nitrogens with one attached hydrogen (secondary N) is 1. The monoisotopic (exact) mass is 362 g/mol. The van der Waals surface area contributed by atoms with Crippen LogP contribution in [-0.4, -0.2) is 24.6 Å². The van der Waals surface area contributed by atoms with Crippen LogP contribution in [0.1, 0.15) is 5.01 Å². The summed E-state index contributed by atoms with van der Waals surface area (Å²) in [6.45, 7) is 0.246. The molecule has 0 radical (unpaired) electrons. The predicted molar refractivity (Wildman–Crippen MR) is 95.9 cm³/mol. The van der Waals surface area contributed by atoms with Crippen molar-refractivity contribution in [3.63, 3.8) is 0 Å². The summed E-state index contributed by atoms with van der Waals surface area (Å²) in [6, 6.07) is 12.9. The Hall–Kier alpha value is -2.15. The normalized spacial score (nSPS) is 10.8. The van der Waals surface area contributed by atoms with E-state index in [1.165, 1.54) is 7.11 Å². The molecule has 24 heavy (non-hydrogen) atoms. The molecule has 3 aromatic rings. The second-order valence-corrected chi connectivity index (χ2v) is 6.49. The van der Waals surface area contributed by atoms with E-state index in [0.29, 0.717) is 23.1 Å². The van der Waals surface area contributed by atoms with Crippen LogP contribution < -0.4 is 10.1 Å². The first-order chi connectivity index (χ1) is 11.7. The number of methoxy groups -OCH3 is 1. The second-order valence-electron chi connectivity index (χ2n) is 4.97. The van der Waals surface area contributed by atoms with Gasteiger partial charge in [-0.2, -0.15) is 0 Å². The van der Waals surface area contributed by atoms with Gasteiger partial charge < -0.3 is 14.8 Å². The first-order valence-corrected chi connectivity index (χ1v) is 8.41. The number of carbonyl (C=O) groups is 1. The summed E-state index contributed by atoms with van der Waals surface area (Å²) in [5.41, 5.74) is 1.54. The van der Waals surface area contributed by atoms with E-state index in [9.17, 15) is 4.79 Å². The molecule has 5 nitrogen and oxygen atoms in total. The highest BCUT2D eigenvalue weighted by Gasteiger charge is 2.08. The third-order valence-corrected chi connectivity index (χ3v) is 4.54. The molecule has 7 heteroatoms. The Morgan fingerprint density at radius 1 is 1.29 bits per heavy atom. The predicted octanol–water partition coefficient (Wildman–Crippen LogP) is 4.11. The molecular weight excluding hydrogens is 348 g/mol. The number of para-hydroxylation sites is 1. The van der Waals surface area contributed by atoms with Crippen molar-refractivity contribution in [2.45, 2.75) is 6.61 Å². The smallest absolute Gasteiger partial charge is 0.250 e. The van der Waals surface area contributed by atoms with E-state index in [4.69, 9.17) is 21.1 Å². The van der Waals surface area contributed by atoms with Gasteiger partial charge in [-0.25, -0.2) is 4.98 Å². The molecule has 124 valence electrons. The van der Waals surface area contributed by atoms with Gasteiger partial charge in [0.15, 0.2) is 0 Å². The number of thiazole rings is 1. The maximum absolute atomic E-state index is 11.9. The van der Waals surface area contributed by atoms with Crippen molar-refractivity contribution < 1.29 is 14.3 Å². The number of ether oxygens (including phenoxy) is 2. The number of rotatable bonds is 6.